The van der Waals surface area contributed by atoms with Crippen molar-refractivity contribution in [2.24, 2.45) is 5.92 Å². The van der Waals surface area contributed by atoms with Crippen LogP contribution in [-0.4, -0.2) is 61.3 Å². The first kappa shape index (κ1) is 30.6. The molecule has 1 aliphatic heterocycles. The Morgan fingerprint density at radius 2 is 1.81 bits per heavy atom. The number of rotatable bonds is 11. The molecule has 0 bridgehead atoms. The van der Waals surface area contributed by atoms with Crippen molar-refractivity contribution in [2.45, 2.75) is 77.0 Å². The number of aromatic nitrogens is 1. The second kappa shape index (κ2) is 14.5. The number of methoxy groups -OCH3 is 1. The minimum atomic E-state index is -0.194. The lowest BCUT2D eigenvalue weighted by Crippen LogP contribution is -2.49. The molecule has 226 valence electrons. The largest absolute Gasteiger partial charge is 0.490 e. The Kier molecular flexibility index (Phi) is 10.6. The highest BCUT2D eigenvalue weighted by atomic mass is 35.5. The maximum atomic E-state index is 13.6. The zero-order valence-electron chi connectivity index (χ0n) is 25.1. The molecule has 2 heterocycles. The summed E-state index contributed by atoms with van der Waals surface area (Å²) < 4.78 is 18.2. The first-order valence-electron chi connectivity index (χ1n) is 15.5. The number of likely N-dealkylation sites (tertiary alicyclic amines) is 1. The third-order valence-electron chi connectivity index (χ3n) is 8.59. The van der Waals surface area contributed by atoms with E-state index in [1.54, 1.807) is 13.2 Å². The molecule has 8 heteroatoms. The third kappa shape index (κ3) is 7.55. The molecule has 1 saturated carbocycles. The van der Waals surface area contributed by atoms with Gasteiger partial charge in [0.1, 0.15) is 35.4 Å². The lowest BCUT2D eigenvalue weighted by molar-refractivity contribution is 0.0881. The van der Waals surface area contributed by atoms with E-state index in [1.165, 1.54) is 19.3 Å². The number of hydrogen-bond acceptors (Lipinski definition) is 6. The SMILES string of the molecule is COCCOc1cc(C(=O)NC2CCCN(C(C)C)C2)nc2c(O[C@@H](c3ccc(Cl)cc3)C3CCCCC3)cccc12. The third-order valence-corrected chi connectivity index (χ3v) is 8.84. The summed E-state index contributed by atoms with van der Waals surface area (Å²) >= 11 is 6.24. The van der Waals surface area contributed by atoms with Crippen LogP contribution in [0.1, 0.15) is 80.9 Å². The number of halogens is 1. The summed E-state index contributed by atoms with van der Waals surface area (Å²) in [5, 5.41) is 4.76. The molecule has 5 rings (SSSR count). The molecule has 1 N–H and O–H groups in total. The summed E-state index contributed by atoms with van der Waals surface area (Å²) in [5.74, 6) is 1.43. The average Bonchev–Trinajstić information content (AvgIpc) is 3.01. The summed E-state index contributed by atoms with van der Waals surface area (Å²) in [7, 11) is 1.64. The molecule has 0 radical (unpaired) electrons. The topological polar surface area (TPSA) is 72.9 Å². The number of para-hydroxylation sites is 1. The van der Waals surface area contributed by atoms with Crippen LogP contribution in [-0.2, 0) is 4.74 Å². The van der Waals surface area contributed by atoms with Gasteiger partial charge in [-0.2, -0.15) is 0 Å². The lowest BCUT2D eigenvalue weighted by atomic mass is 9.82. The fraction of sp³-hybridized carbons (Fsp3) is 0.529. The summed E-state index contributed by atoms with van der Waals surface area (Å²) in [6.45, 7) is 7.10. The number of pyridine rings is 1. The fourth-order valence-electron chi connectivity index (χ4n) is 6.27. The number of ether oxygens (including phenoxy) is 3. The van der Waals surface area contributed by atoms with E-state index in [0.717, 1.165) is 49.7 Å². The molecule has 2 atom stereocenters. The van der Waals surface area contributed by atoms with Crippen LogP contribution < -0.4 is 14.8 Å². The number of amides is 1. The van der Waals surface area contributed by atoms with Gasteiger partial charge in [-0.1, -0.05) is 49.1 Å². The van der Waals surface area contributed by atoms with Crippen LogP contribution in [0.15, 0.2) is 48.5 Å². The maximum absolute atomic E-state index is 13.6. The van der Waals surface area contributed by atoms with Crippen molar-refractivity contribution in [2.75, 3.05) is 33.4 Å². The Hall–Kier alpha value is -2.87. The Morgan fingerprint density at radius 3 is 2.55 bits per heavy atom. The first-order valence-corrected chi connectivity index (χ1v) is 15.8. The Labute approximate surface area is 254 Å². The highest BCUT2D eigenvalue weighted by Crippen LogP contribution is 2.40. The Bertz CT molecular complexity index is 1330. The lowest BCUT2D eigenvalue weighted by Gasteiger charge is -2.35. The van der Waals surface area contributed by atoms with E-state index in [1.807, 2.05) is 30.3 Å². The van der Waals surface area contributed by atoms with Gasteiger partial charge < -0.3 is 19.5 Å². The minimum Gasteiger partial charge on any atom is -0.490 e. The minimum absolute atomic E-state index is 0.0797. The van der Waals surface area contributed by atoms with Gasteiger partial charge in [-0.05, 0) is 75.9 Å². The zero-order chi connectivity index (χ0) is 29.5. The molecule has 1 unspecified atom stereocenters. The van der Waals surface area contributed by atoms with Crippen molar-refractivity contribution in [1.82, 2.24) is 15.2 Å². The number of hydrogen-bond donors (Lipinski definition) is 1. The van der Waals surface area contributed by atoms with Crippen LogP contribution in [0.3, 0.4) is 0 Å². The van der Waals surface area contributed by atoms with E-state index < -0.39 is 0 Å². The molecule has 2 aliphatic rings. The van der Waals surface area contributed by atoms with Gasteiger partial charge in [0.25, 0.3) is 5.91 Å². The number of nitrogens with one attached hydrogen (secondary N) is 1. The predicted molar refractivity (Wildman–Crippen MR) is 168 cm³/mol. The first-order chi connectivity index (χ1) is 20.4. The number of nitrogens with zero attached hydrogens (tertiary/aromatic N) is 2. The van der Waals surface area contributed by atoms with Gasteiger partial charge in [0, 0.05) is 48.1 Å². The van der Waals surface area contributed by atoms with Crippen molar-refractivity contribution in [3.8, 4) is 11.5 Å². The zero-order valence-corrected chi connectivity index (χ0v) is 25.9. The molecule has 2 aromatic carbocycles. The fourth-order valence-corrected chi connectivity index (χ4v) is 6.40. The summed E-state index contributed by atoms with van der Waals surface area (Å²) in [6, 6.07) is 16.1. The number of fused-ring (bicyclic) bond motifs is 1. The molecule has 1 aliphatic carbocycles. The van der Waals surface area contributed by atoms with Gasteiger partial charge in [-0.3, -0.25) is 9.69 Å². The van der Waals surface area contributed by atoms with E-state index in [9.17, 15) is 4.79 Å². The summed E-state index contributed by atoms with van der Waals surface area (Å²) in [5.41, 5.74) is 2.05. The van der Waals surface area contributed by atoms with Gasteiger partial charge in [-0.25, -0.2) is 4.98 Å². The molecular weight excluding hydrogens is 550 g/mol. The maximum Gasteiger partial charge on any atom is 0.270 e. The quantitative estimate of drug-likeness (QED) is 0.237. The summed E-state index contributed by atoms with van der Waals surface area (Å²) in [6.07, 6.45) is 7.75. The van der Waals surface area contributed by atoms with E-state index >= 15 is 0 Å². The van der Waals surface area contributed by atoms with Gasteiger partial charge in [0.05, 0.1) is 6.61 Å². The van der Waals surface area contributed by atoms with Crippen molar-refractivity contribution in [1.29, 1.82) is 0 Å². The Morgan fingerprint density at radius 1 is 1.02 bits per heavy atom. The monoisotopic (exact) mass is 593 g/mol. The Balaban J connectivity index is 1.49. The predicted octanol–water partition coefficient (Wildman–Crippen LogP) is 7.22. The number of piperidine rings is 1. The number of carbonyl (C=O) groups excluding carboxylic acids is 1. The molecule has 1 amide bonds. The van der Waals surface area contributed by atoms with Crippen molar-refractivity contribution in [3.05, 3.63) is 64.8 Å². The van der Waals surface area contributed by atoms with Gasteiger partial charge in [-0.15, -0.1) is 0 Å². The van der Waals surface area contributed by atoms with Gasteiger partial charge >= 0.3 is 0 Å². The van der Waals surface area contributed by atoms with E-state index in [0.29, 0.717) is 52.9 Å². The molecule has 0 spiro atoms. The van der Waals surface area contributed by atoms with Crippen LogP contribution in [0.5, 0.6) is 11.5 Å². The molecular formula is C34H44ClN3O4. The number of benzene rings is 2. The van der Waals surface area contributed by atoms with Crippen LogP contribution in [0.25, 0.3) is 10.9 Å². The van der Waals surface area contributed by atoms with Crippen molar-refractivity contribution in [3.63, 3.8) is 0 Å². The van der Waals surface area contributed by atoms with Crippen LogP contribution in [0, 0.1) is 5.92 Å². The van der Waals surface area contributed by atoms with Crippen LogP contribution >= 0.6 is 11.6 Å². The average molecular weight is 594 g/mol. The standard InChI is InChI=1S/C34H44ClN3O4/c1-23(2)38-18-8-11-27(22-38)36-34(39)29-21-31(41-20-19-40-3)28-12-7-13-30(32(28)37-29)42-33(24-9-5-4-6-10-24)25-14-16-26(35)17-15-25/h7,12-17,21,23-24,27,33H,4-6,8-11,18-20,22H2,1-3H3,(H,36,39)/t27?,33-/m1/s1. The van der Waals surface area contributed by atoms with Crippen LogP contribution in [0.2, 0.25) is 5.02 Å². The van der Waals surface area contributed by atoms with Crippen molar-refractivity contribution >= 4 is 28.4 Å². The van der Waals surface area contributed by atoms with Crippen molar-refractivity contribution < 1.29 is 19.0 Å². The van der Waals surface area contributed by atoms with Gasteiger partial charge in [0.2, 0.25) is 0 Å². The highest BCUT2D eigenvalue weighted by molar-refractivity contribution is 6.30. The number of carbonyl (C=O) groups is 1. The molecule has 42 heavy (non-hydrogen) atoms. The summed E-state index contributed by atoms with van der Waals surface area (Å²) in [4.78, 5) is 20.9. The molecule has 7 nitrogen and oxygen atoms in total. The molecule has 1 aromatic heterocycles. The molecule has 2 fully saturated rings. The van der Waals surface area contributed by atoms with E-state index in [2.05, 4.69) is 36.2 Å². The smallest absolute Gasteiger partial charge is 0.270 e. The molecule has 1 saturated heterocycles. The highest BCUT2D eigenvalue weighted by Gasteiger charge is 2.29. The second-order valence-corrected chi connectivity index (χ2v) is 12.3. The second-order valence-electron chi connectivity index (χ2n) is 11.9. The molecule has 3 aromatic rings. The van der Waals surface area contributed by atoms with E-state index in [4.69, 9.17) is 30.8 Å². The van der Waals surface area contributed by atoms with Gasteiger partial charge in [0.15, 0.2) is 0 Å². The van der Waals surface area contributed by atoms with E-state index in [-0.39, 0.29) is 18.1 Å². The van der Waals surface area contributed by atoms with Crippen LogP contribution in [0.4, 0.5) is 0 Å². The normalized spacial score (nSPS) is 19.1.